The first-order chi connectivity index (χ1) is 10.2. The second-order valence-electron chi connectivity index (χ2n) is 6.36. The third-order valence-electron chi connectivity index (χ3n) is 4.74. The van der Waals surface area contributed by atoms with E-state index in [0.717, 1.165) is 36.2 Å². The third-order valence-corrected chi connectivity index (χ3v) is 5.36. The van der Waals surface area contributed by atoms with Gasteiger partial charge in [0.15, 0.2) is 0 Å². The Morgan fingerprint density at radius 2 is 2.00 bits per heavy atom. The molecule has 2 N–H and O–H groups in total. The quantitative estimate of drug-likeness (QED) is 0.707. The van der Waals surface area contributed by atoms with Gasteiger partial charge in [0.1, 0.15) is 5.75 Å². The van der Waals surface area contributed by atoms with E-state index in [1.165, 1.54) is 44.1 Å². The molecule has 1 aliphatic carbocycles. The molecule has 0 aliphatic heterocycles. The SMILES string of the molecule is CCCOc1ccc(CCC2(CCN)CCCC2)cc1Br. The van der Waals surface area contributed by atoms with Crippen LogP contribution >= 0.6 is 15.9 Å². The highest BCUT2D eigenvalue weighted by molar-refractivity contribution is 9.10. The van der Waals surface area contributed by atoms with Gasteiger partial charge in [0.05, 0.1) is 11.1 Å². The van der Waals surface area contributed by atoms with E-state index in [1.807, 2.05) is 0 Å². The van der Waals surface area contributed by atoms with Crippen LogP contribution in [0.2, 0.25) is 0 Å². The van der Waals surface area contributed by atoms with Gasteiger partial charge >= 0.3 is 0 Å². The molecule has 1 saturated carbocycles. The maximum atomic E-state index is 5.83. The number of hydrogen-bond donors (Lipinski definition) is 1. The summed E-state index contributed by atoms with van der Waals surface area (Å²) in [5.74, 6) is 0.957. The minimum absolute atomic E-state index is 0.513. The Hall–Kier alpha value is -0.540. The van der Waals surface area contributed by atoms with E-state index in [9.17, 15) is 0 Å². The summed E-state index contributed by atoms with van der Waals surface area (Å²) < 4.78 is 6.79. The van der Waals surface area contributed by atoms with Crippen LogP contribution in [-0.2, 0) is 6.42 Å². The summed E-state index contributed by atoms with van der Waals surface area (Å²) in [7, 11) is 0. The van der Waals surface area contributed by atoms with Crippen molar-refractivity contribution in [2.24, 2.45) is 11.1 Å². The zero-order chi connectivity index (χ0) is 15.1. The van der Waals surface area contributed by atoms with Crippen LogP contribution < -0.4 is 10.5 Å². The lowest BCUT2D eigenvalue weighted by atomic mass is 9.78. The normalized spacial score (nSPS) is 17.1. The molecule has 0 bridgehead atoms. The van der Waals surface area contributed by atoms with Gasteiger partial charge in [-0.25, -0.2) is 0 Å². The molecule has 0 saturated heterocycles. The van der Waals surface area contributed by atoms with Crippen LogP contribution in [0.3, 0.4) is 0 Å². The molecule has 0 amide bonds. The molecule has 21 heavy (non-hydrogen) atoms. The zero-order valence-electron chi connectivity index (χ0n) is 13.2. The number of aryl methyl sites for hydroxylation is 1. The summed E-state index contributed by atoms with van der Waals surface area (Å²) in [4.78, 5) is 0. The van der Waals surface area contributed by atoms with Crippen LogP contribution in [0.5, 0.6) is 5.75 Å². The first kappa shape index (κ1) is 16.8. The largest absolute Gasteiger partial charge is 0.492 e. The summed E-state index contributed by atoms with van der Waals surface area (Å²) in [6.07, 6.45) is 10.1. The highest BCUT2D eigenvalue weighted by Crippen LogP contribution is 2.44. The van der Waals surface area contributed by atoms with Crippen molar-refractivity contribution >= 4 is 15.9 Å². The molecule has 0 spiro atoms. The Morgan fingerprint density at radius 1 is 1.24 bits per heavy atom. The van der Waals surface area contributed by atoms with Gasteiger partial charge in [0.25, 0.3) is 0 Å². The average Bonchev–Trinajstić information content (AvgIpc) is 2.94. The molecule has 1 fully saturated rings. The van der Waals surface area contributed by atoms with E-state index < -0.39 is 0 Å². The second kappa shape index (κ2) is 8.19. The van der Waals surface area contributed by atoms with Crippen molar-refractivity contribution in [3.63, 3.8) is 0 Å². The molecule has 0 aromatic heterocycles. The van der Waals surface area contributed by atoms with Gasteiger partial charge in [-0.3, -0.25) is 0 Å². The molecule has 2 rings (SSSR count). The lowest BCUT2D eigenvalue weighted by Crippen LogP contribution is -2.21. The highest BCUT2D eigenvalue weighted by Gasteiger charge is 2.32. The minimum Gasteiger partial charge on any atom is -0.492 e. The Kier molecular flexibility index (Phi) is 6.56. The maximum absolute atomic E-state index is 5.83. The van der Waals surface area contributed by atoms with E-state index in [4.69, 9.17) is 10.5 Å². The molecule has 2 nitrogen and oxygen atoms in total. The second-order valence-corrected chi connectivity index (χ2v) is 7.21. The van der Waals surface area contributed by atoms with Gasteiger partial charge in [-0.15, -0.1) is 0 Å². The number of benzene rings is 1. The fourth-order valence-corrected chi connectivity index (χ4v) is 4.04. The van der Waals surface area contributed by atoms with Crippen LogP contribution in [0.15, 0.2) is 22.7 Å². The lowest BCUT2D eigenvalue weighted by Gasteiger charge is -2.28. The summed E-state index contributed by atoms with van der Waals surface area (Å²) in [6, 6.07) is 6.52. The standard InChI is InChI=1S/C18H28BrNO/c1-2-13-21-17-6-5-15(14-16(17)19)7-10-18(11-12-20)8-3-4-9-18/h5-6,14H,2-4,7-13,20H2,1H3. The van der Waals surface area contributed by atoms with Crippen molar-refractivity contribution in [2.75, 3.05) is 13.2 Å². The molecule has 118 valence electrons. The molecule has 3 heteroatoms. The molecule has 0 unspecified atom stereocenters. The first-order valence-electron chi connectivity index (χ1n) is 8.30. The van der Waals surface area contributed by atoms with Gasteiger partial charge in [-0.2, -0.15) is 0 Å². The summed E-state index contributed by atoms with van der Waals surface area (Å²) >= 11 is 3.63. The van der Waals surface area contributed by atoms with Crippen molar-refractivity contribution in [1.82, 2.24) is 0 Å². The maximum Gasteiger partial charge on any atom is 0.133 e. The van der Waals surface area contributed by atoms with E-state index in [0.29, 0.717) is 5.41 Å². The van der Waals surface area contributed by atoms with Crippen molar-refractivity contribution in [3.05, 3.63) is 28.2 Å². The summed E-state index contributed by atoms with van der Waals surface area (Å²) in [5, 5.41) is 0. The van der Waals surface area contributed by atoms with Gasteiger partial charge < -0.3 is 10.5 Å². The van der Waals surface area contributed by atoms with E-state index >= 15 is 0 Å². The van der Waals surface area contributed by atoms with Crippen LogP contribution in [-0.4, -0.2) is 13.2 Å². The Morgan fingerprint density at radius 3 is 2.62 bits per heavy atom. The van der Waals surface area contributed by atoms with Crippen molar-refractivity contribution < 1.29 is 4.74 Å². The van der Waals surface area contributed by atoms with Crippen LogP contribution in [0.4, 0.5) is 0 Å². The van der Waals surface area contributed by atoms with Crippen molar-refractivity contribution in [1.29, 1.82) is 0 Å². The molecule has 0 atom stereocenters. The first-order valence-corrected chi connectivity index (χ1v) is 9.10. The van der Waals surface area contributed by atoms with Crippen LogP contribution in [0.1, 0.15) is 57.4 Å². The summed E-state index contributed by atoms with van der Waals surface area (Å²) in [5.41, 5.74) is 7.74. The van der Waals surface area contributed by atoms with Crippen molar-refractivity contribution in [3.8, 4) is 5.75 Å². The monoisotopic (exact) mass is 353 g/mol. The molecule has 0 radical (unpaired) electrons. The van der Waals surface area contributed by atoms with Gasteiger partial charge in [0.2, 0.25) is 0 Å². The lowest BCUT2D eigenvalue weighted by molar-refractivity contribution is 0.253. The number of halogens is 1. The average molecular weight is 354 g/mol. The molecule has 1 aromatic rings. The van der Waals surface area contributed by atoms with E-state index in [2.05, 4.69) is 41.1 Å². The Balaban J connectivity index is 1.94. The molecule has 0 heterocycles. The van der Waals surface area contributed by atoms with E-state index in [1.54, 1.807) is 0 Å². The highest BCUT2D eigenvalue weighted by atomic mass is 79.9. The van der Waals surface area contributed by atoms with Gasteiger partial charge in [0, 0.05) is 0 Å². The van der Waals surface area contributed by atoms with E-state index in [-0.39, 0.29) is 0 Å². The number of hydrogen-bond acceptors (Lipinski definition) is 2. The molecular weight excluding hydrogens is 326 g/mol. The Bertz CT molecular complexity index is 441. The molecule has 1 aromatic carbocycles. The minimum atomic E-state index is 0.513. The molecule has 1 aliphatic rings. The Labute approximate surface area is 137 Å². The number of ether oxygens (including phenoxy) is 1. The van der Waals surface area contributed by atoms with Gasteiger partial charge in [-0.05, 0) is 84.1 Å². The van der Waals surface area contributed by atoms with Crippen molar-refractivity contribution in [2.45, 2.75) is 58.3 Å². The zero-order valence-corrected chi connectivity index (χ0v) is 14.8. The van der Waals surface area contributed by atoms with Crippen LogP contribution in [0.25, 0.3) is 0 Å². The van der Waals surface area contributed by atoms with Gasteiger partial charge in [-0.1, -0.05) is 25.8 Å². The third kappa shape index (κ3) is 4.72. The fraction of sp³-hybridized carbons (Fsp3) is 0.667. The fourth-order valence-electron chi connectivity index (χ4n) is 3.49. The number of nitrogens with two attached hydrogens (primary N) is 1. The predicted molar refractivity (Wildman–Crippen MR) is 92.8 cm³/mol. The number of rotatable bonds is 8. The topological polar surface area (TPSA) is 35.2 Å². The molecular formula is C18H28BrNO. The smallest absolute Gasteiger partial charge is 0.133 e. The summed E-state index contributed by atoms with van der Waals surface area (Å²) in [6.45, 7) is 3.73. The van der Waals surface area contributed by atoms with Crippen LogP contribution in [0, 0.1) is 5.41 Å². The predicted octanol–water partition coefficient (Wildman–Crippen LogP) is 5.08.